The van der Waals surface area contributed by atoms with Crippen molar-refractivity contribution in [2.45, 2.75) is 13.5 Å². The average Bonchev–Trinajstić information content (AvgIpc) is 2.56. The van der Waals surface area contributed by atoms with Crippen molar-refractivity contribution in [3.63, 3.8) is 0 Å². The van der Waals surface area contributed by atoms with Gasteiger partial charge in [-0.2, -0.15) is 9.57 Å². The van der Waals surface area contributed by atoms with Crippen molar-refractivity contribution in [3.8, 4) is 6.07 Å². The lowest BCUT2D eigenvalue weighted by Crippen LogP contribution is -2.37. The van der Waals surface area contributed by atoms with Crippen molar-refractivity contribution < 1.29 is 13.2 Å². The van der Waals surface area contributed by atoms with Gasteiger partial charge in [0.2, 0.25) is 15.9 Å². The summed E-state index contributed by atoms with van der Waals surface area (Å²) in [5.41, 5.74) is 2.80. The highest BCUT2D eigenvalue weighted by molar-refractivity contribution is 7.88. The third kappa shape index (κ3) is 5.41. The maximum absolute atomic E-state index is 12.2. The quantitative estimate of drug-likeness (QED) is 0.859. The Morgan fingerprint density at radius 1 is 1.16 bits per heavy atom. The predicted octanol–water partition coefficient (Wildman–Crippen LogP) is 2.27. The molecule has 0 atom stereocenters. The van der Waals surface area contributed by atoms with E-state index >= 15 is 0 Å². The van der Waals surface area contributed by atoms with Gasteiger partial charge in [0.15, 0.2) is 0 Å². The molecule has 1 N–H and O–H groups in total. The van der Waals surface area contributed by atoms with Gasteiger partial charge in [-0.3, -0.25) is 4.79 Å². The summed E-state index contributed by atoms with van der Waals surface area (Å²) in [7, 11) is -3.55. The molecule has 0 unspecified atom stereocenters. The molecule has 0 aliphatic carbocycles. The molecule has 0 aromatic heterocycles. The Kier molecular flexibility index (Phi) is 5.91. The van der Waals surface area contributed by atoms with E-state index in [1.807, 2.05) is 37.3 Å². The molecule has 25 heavy (non-hydrogen) atoms. The Hall–Kier alpha value is -2.69. The van der Waals surface area contributed by atoms with E-state index in [0.29, 0.717) is 11.3 Å². The first-order chi connectivity index (χ1) is 11.8. The van der Waals surface area contributed by atoms with Crippen LogP contribution >= 0.6 is 0 Å². The fourth-order valence-electron chi connectivity index (χ4n) is 2.26. The molecule has 2 rings (SSSR count). The lowest BCUT2D eigenvalue weighted by atomic mass is 10.1. The normalized spacial score (nSPS) is 11.1. The van der Waals surface area contributed by atoms with E-state index in [2.05, 4.69) is 5.32 Å². The molecule has 7 heteroatoms. The first kappa shape index (κ1) is 18.6. The molecule has 0 aliphatic rings. The monoisotopic (exact) mass is 357 g/mol. The molecule has 2 aromatic rings. The van der Waals surface area contributed by atoms with E-state index in [4.69, 9.17) is 5.26 Å². The van der Waals surface area contributed by atoms with Gasteiger partial charge in [0.25, 0.3) is 0 Å². The van der Waals surface area contributed by atoms with Crippen molar-refractivity contribution in [3.05, 3.63) is 65.2 Å². The number of sulfonamides is 1. The minimum absolute atomic E-state index is 0.131. The molecule has 0 fully saturated rings. The summed E-state index contributed by atoms with van der Waals surface area (Å²) in [5.74, 6) is -0.441. The molecule has 0 spiro atoms. The van der Waals surface area contributed by atoms with Gasteiger partial charge in [-0.05, 0) is 42.3 Å². The summed E-state index contributed by atoms with van der Waals surface area (Å²) in [4.78, 5) is 12.2. The van der Waals surface area contributed by atoms with E-state index in [0.717, 1.165) is 21.7 Å². The number of carbonyl (C=O) groups is 1. The van der Waals surface area contributed by atoms with Gasteiger partial charge in [-0.25, -0.2) is 8.42 Å². The number of nitrogens with zero attached hydrogens (tertiary/aromatic N) is 2. The van der Waals surface area contributed by atoms with Crippen LogP contribution in [0.4, 0.5) is 5.69 Å². The number of benzene rings is 2. The second-order valence-electron chi connectivity index (χ2n) is 5.69. The van der Waals surface area contributed by atoms with Crippen molar-refractivity contribution in [1.29, 1.82) is 5.26 Å². The number of amides is 1. The van der Waals surface area contributed by atoms with Crippen molar-refractivity contribution >= 4 is 21.6 Å². The number of hydrogen-bond donors (Lipinski definition) is 1. The predicted molar refractivity (Wildman–Crippen MR) is 96.2 cm³/mol. The molecule has 0 saturated heterocycles. The van der Waals surface area contributed by atoms with Gasteiger partial charge in [-0.1, -0.05) is 24.3 Å². The van der Waals surface area contributed by atoms with E-state index in [-0.39, 0.29) is 13.1 Å². The van der Waals surface area contributed by atoms with Crippen LogP contribution < -0.4 is 5.32 Å². The van der Waals surface area contributed by atoms with Crippen LogP contribution in [0.5, 0.6) is 0 Å². The number of carbonyl (C=O) groups excluding carboxylic acids is 1. The standard InChI is InChI=1S/C18H19N3O3S/c1-14-5-3-4-6-16(14)12-21(25(2,23)24)13-18(22)20-17-9-7-15(11-19)8-10-17/h3-10H,12-13H2,1-2H3,(H,20,22). The lowest BCUT2D eigenvalue weighted by Gasteiger charge is -2.20. The van der Waals surface area contributed by atoms with E-state index in [9.17, 15) is 13.2 Å². The van der Waals surface area contributed by atoms with Gasteiger partial charge >= 0.3 is 0 Å². The number of aryl methyl sites for hydroxylation is 1. The highest BCUT2D eigenvalue weighted by Crippen LogP contribution is 2.14. The highest BCUT2D eigenvalue weighted by Gasteiger charge is 2.21. The molecular weight excluding hydrogens is 338 g/mol. The average molecular weight is 357 g/mol. The SMILES string of the molecule is Cc1ccccc1CN(CC(=O)Nc1ccc(C#N)cc1)S(C)(=O)=O. The van der Waals surface area contributed by atoms with E-state index < -0.39 is 15.9 Å². The maximum atomic E-state index is 12.2. The Bertz CT molecular complexity index is 900. The number of nitrogens with one attached hydrogen (secondary N) is 1. The van der Waals surface area contributed by atoms with Gasteiger partial charge in [0.1, 0.15) is 0 Å². The third-order valence-electron chi connectivity index (χ3n) is 3.69. The topological polar surface area (TPSA) is 90.3 Å². The Balaban J connectivity index is 2.10. The van der Waals surface area contributed by atoms with Crippen molar-refractivity contribution in [1.82, 2.24) is 4.31 Å². The van der Waals surface area contributed by atoms with Gasteiger partial charge in [-0.15, -0.1) is 0 Å². The van der Waals surface area contributed by atoms with E-state index in [1.165, 1.54) is 0 Å². The molecule has 0 aliphatic heterocycles. The largest absolute Gasteiger partial charge is 0.325 e. The van der Waals surface area contributed by atoms with Crippen LogP contribution in [0.1, 0.15) is 16.7 Å². The number of rotatable bonds is 6. The summed E-state index contributed by atoms with van der Waals surface area (Å²) < 4.78 is 25.2. The minimum Gasteiger partial charge on any atom is -0.325 e. The highest BCUT2D eigenvalue weighted by atomic mass is 32.2. The molecule has 130 valence electrons. The summed E-state index contributed by atoms with van der Waals surface area (Å²) in [6.45, 7) is 1.74. The molecule has 0 heterocycles. The second-order valence-corrected chi connectivity index (χ2v) is 7.68. The zero-order valence-electron chi connectivity index (χ0n) is 14.1. The van der Waals surface area contributed by atoms with Crippen LogP contribution in [-0.4, -0.2) is 31.4 Å². The van der Waals surface area contributed by atoms with Crippen LogP contribution in [0.3, 0.4) is 0 Å². The zero-order chi connectivity index (χ0) is 18.4. The van der Waals surface area contributed by atoms with Gasteiger partial charge in [0.05, 0.1) is 24.4 Å². The van der Waals surface area contributed by atoms with Crippen LogP contribution in [-0.2, 0) is 21.4 Å². The van der Waals surface area contributed by atoms with Crippen LogP contribution in [0, 0.1) is 18.3 Å². The zero-order valence-corrected chi connectivity index (χ0v) is 14.9. The number of anilines is 1. The van der Waals surface area contributed by atoms with E-state index in [1.54, 1.807) is 24.3 Å². The van der Waals surface area contributed by atoms with Crippen LogP contribution in [0.15, 0.2) is 48.5 Å². The summed E-state index contributed by atoms with van der Waals surface area (Å²) in [6.07, 6.45) is 1.08. The van der Waals surface area contributed by atoms with Crippen LogP contribution in [0.2, 0.25) is 0 Å². The Labute approximate surface area is 147 Å². The third-order valence-corrected chi connectivity index (χ3v) is 4.89. The molecular formula is C18H19N3O3S. The molecule has 6 nitrogen and oxygen atoms in total. The Morgan fingerprint density at radius 2 is 1.80 bits per heavy atom. The molecule has 1 amide bonds. The minimum atomic E-state index is -3.55. The first-order valence-corrected chi connectivity index (χ1v) is 9.44. The first-order valence-electron chi connectivity index (χ1n) is 7.59. The molecule has 0 saturated carbocycles. The lowest BCUT2D eigenvalue weighted by molar-refractivity contribution is -0.116. The fraction of sp³-hybridized carbons (Fsp3) is 0.222. The molecule has 0 bridgehead atoms. The van der Waals surface area contributed by atoms with Crippen LogP contribution in [0.25, 0.3) is 0 Å². The fourth-order valence-corrected chi connectivity index (χ4v) is 2.98. The van der Waals surface area contributed by atoms with Crippen molar-refractivity contribution in [2.75, 3.05) is 18.1 Å². The summed E-state index contributed by atoms with van der Waals surface area (Å²) in [6, 6.07) is 15.8. The maximum Gasteiger partial charge on any atom is 0.239 e. The van der Waals surface area contributed by atoms with Gasteiger partial charge in [0, 0.05) is 12.2 Å². The van der Waals surface area contributed by atoms with Crippen molar-refractivity contribution in [2.24, 2.45) is 0 Å². The number of nitriles is 1. The summed E-state index contributed by atoms with van der Waals surface area (Å²) in [5, 5.41) is 11.4. The van der Waals surface area contributed by atoms with Gasteiger partial charge < -0.3 is 5.32 Å². The molecule has 0 radical (unpaired) electrons. The smallest absolute Gasteiger partial charge is 0.239 e. The summed E-state index contributed by atoms with van der Waals surface area (Å²) >= 11 is 0. The Morgan fingerprint density at radius 3 is 2.36 bits per heavy atom. The molecule has 2 aromatic carbocycles. The number of hydrogen-bond acceptors (Lipinski definition) is 4. The second kappa shape index (κ2) is 7.92.